The van der Waals surface area contributed by atoms with Gasteiger partial charge in [-0.05, 0) is 25.7 Å². The lowest BCUT2D eigenvalue weighted by Crippen LogP contribution is -2.49. The van der Waals surface area contributed by atoms with Crippen molar-refractivity contribution in [2.24, 2.45) is 4.99 Å². The summed E-state index contributed by atoms with van der Waals surface area (Å²) in [5.74, 6) is 0.829. The Morgan fingerprint density at radius 2 is 1.96 bits per heavy atom. The first-order chi connectivity index (χ1) is 12.7. The molecule has 2 rings (SSSR count). The maximum Gasteiger partial charge on any atom is 0.191 e. The molecule has 0 amide bonds. The van der Waals surface area contributed by atoms with E-state index in [-0.39, 0.29) is 30.1 Å². The van der Waals surface area contributed by atoms with Gasteiger partial charge >= 0.3 is 0 Å². The molecule has 0 saturated carbocycles. The van der Waals surface area contributed by atoms with Gasteiger partial charge in [0.25, 0.3) is 0 Å². The zero-order chi connectivity index (χ0) is 18.8. The number of guanidine groups is 1. The van der Waals surface area contributed by atoms with Crippen molar-refractivity contribution in [3.63, 3.8) is 0 Å². The second kappa shape index (κ2) is 13.3. The lowest BCUT2D eigenvalue weighted by molar-refractivity contribution is -0.0161. The van der Waals surface area contributed by atoms with E-state index in [4.69, 9.17) is 4.74 Å². The molecule has 2 atom stereocenters. The fourth-order valence-electron chi connectivity index (χ4n) is 3.41. The molecule has 1 heterocycles. The summed E-state index contributed by atoms with van der Waals surface area (Å²) < 4.78 is 5.82. The number of morpholine rings is 1. The van der Waals surface area contributed by atoms with Gasteiger partial charge < -0.3 is 20.3 Å². The maximum atomic E-state index is 5.82. The van der Waals surface area contributed by atoms with E-state index in [2.05, 4.69) is 76.7 Å². The topological polar surface area (TPSA) is 52.1 Å². The molecule has 0 radical (unpaired) electrons. The predicted octanol–water partition coefficient (Wildman–Crippen LogP) is 2.18. The number of hydrogen-bond acceptors (Lipinski definition) is 4. The van der Waals surface area contributed by atoms with Gasteiger partial charge in [-0.25, -0.2) is 0 Å². The SMILES string of the molecule is CCN(CC)C(CNC(=NC)NCC1CN(C)CCO1)c1ccccc1.I. The number of rotatable bonds is 8. The molecule has 1 fully saturated rings. The van der Waals surface area contributed by atoms with E-state index < -0.39 is 0 Å². The van der Waals surface area contributed by atoms with Gasteiger partial charge in [-0.1, -0.05) is 44.2 Å². The lowest BCUT2D eigenvalue weighted by atomic mass is 10.1. The number of halogens is 1. The molecule has 2 unspecified atom stereocenters. The number of ether oxygens (including phenoxy) is 1. The second-order valence-corrected chi connectivity index (χ2v) is 6.74. The number of nitrogens with zero attached hydrogens (tertiary/aromatic N) is 3. The average Bonchev–Trinajstić information content (AvgIpc) is 2.68. The van der Waals surface area contributed by atoms with Crippen LogP contribution in [-0.4, -0.2) is 81.8 Å². The Hall–Kier alpha value is -0.900. The van der Waals surface area contributed by atoms with Crippen LogP contribution >= 0.6 is 24.0 Å². The van der Waals surface area contributed by atoms with Gasteiger partial charge in [-0.2, -0.15) is 0 Å². The summed E-state index contributed by atoms with van der Waals surface area (Å²) >= 11 is 0. The standard InChI is InChI=1S/C20H35N5O.HI/c1-5-25(6-2)19(17-10-8-7-9-11-17)15-23-20(21-3)22-14-18-16-24(4)12-13-26-18;/h7-11,18-19H,5-6,12-16H2,1-4H3,(H2,21,22,23);1H. The molecule has 1 aromatic rings. The van der Waals surface area contributed by atoms with Crippen LogP contribution < -0.4 is 10.6 Å². The van der Waals surface area contributed by atoms with Gasteiger partial charge in [0.1, 0.15) is 0 Å². The van der Waals surface area contributed by atoms with Gasteiger partial charge in [-0.15, -0.1) is 24.0 Å². The summed E-state index contributed by atoms with van der Waals surface area (Å²) in [6, 6.07) is 11.0. The Kier molecular flexibility index (Phi) is 11.9. The van der Waals surface area contributed by atoms with Crippen LogP contribution in [0.1, 0.15) is 25.5 Å². The van der Waals surface area contributed by atoms with Crippen LogP contribution in [0, 0.1) is 0 Å². The van der Waals surface area contributed by atoms with Crippen molar-refractivity contribution in [1.29, 1.82) is 0 Å². The molecule has 0 aliphatic carbocycles. The molecular weight excluding hydrogens is 453 g/mol. The third-order valence-corrected chi connectivity index (χ3v) is 4.96. The Labute approximate surface area is 181 Å². The summed E-state index contributed by atoms with van der Waals surface area (Å²) in [5.41, 5.74) is 1.33. The van der Waals surface area contributed by atoms with Crippen LogP contribution in [0.25, 0.3) is 0 Å². The molecule has 0 bridgehead atoms. The monoisotopic (exact) mass is 489 g/mol. The van der Waals surface area contributed by atoms with Crippen molar-refractivity contribution in [2.45, 2.75) is 26.0 Å². The molecule has 1 aromatic carbocycles. The molecule has 1 aliphatic heterocycles. The van der Waals surface area contributed by atoms with Crippen molar-refractivity contribution in [3.8, 4) is 0 Å². The first kappa shape index (κ1) is 24.1. The van der Waals surface area contributed by atoms with Crippen molar-refractivity contribution in [1.82, 2.24) is 20.4 Å². The zero-order valence-electron chi connectivity index (χ0n) is 17.1. The number of benzene rings is 1. The third kappa shape index (κ3) is 7.93. The smallest absolute Gasteiger partial charge is 0.191 e. The largest absolute Gasteiger partial charge is 0.374 e. The summed E-state index contributed by atoms with van der Waals surface area (Å²) in [5, 5.41) is 6.91. The molecule has 1 aliphatic rings. The summed E-state index contributed by atoms with van der Waals surface area (Å²) in [6.45, 7) is 10.8. The van der Waals surface area contributed by atoms with Gasteiger partial charge in [0, 0.05) is 33.2 Å². The average molecular weight is 489 g/mol. The lowest BCUT2D eigenvalue weighted by Gasteiger charge is -2.32. The normalized spacial score (nSPS) is 19.4. The molecule has 6 nitrogen and oxygen atoms in total. The van der Waals surface area contributed by atoms with E-state index in [1.165, 1.54) is 5.56 Å². The molecule has 27 heavy (non-hydrogen) atoms. The first-order valence-electron chi connectivity index (χ1n) is 9.71. The van der Waals surface area contributed by atoms with Crippen molar-refractivity contribution in [2.75, 3.05) is 60.0 Å². The first-order valence-corrected chi connectivity index (χ1v) is 9.71. The molecule has 0 aromatic heterocycles. The highest BCUT2D eigenvalue weighted by atomic mass is 127. The summed E-state index contributed by atoms with van der Waals surface area (Å²) in [4.78, 5) is 9.15. The highest BCUT2D eigenvalue weighted by Gasteiger charge is 2.20. The Morgan fingerprint density at radius 1 is 1.26 bits per heavy atom. The van der Waals surface area contributed by atoms with Gasteiger partial charge in [0.15, 0.2) is 5.96 Å². The van der Waals surface area contributed by atoms with Gasteiger partial charge in [0.2, 0.25) is 0 Å². The highest BCUT2D eigenvalue weighted by Crippen LogP contribution is 2.19. The van der Waals surface area contributed by atoms with Crippen LogP contribution in [-0.2, 0) is 4.74 Å². The fourth-order valence-corrected chi connectivity index (χ4v) is 3.41. The Balaban J connectivity index is 0.00000364. The molecule has 2 N–H and O–H groups in total. The van der Waals surface area contributed by atoms with Crippen molar-refractivity contribution < 1.29 is 4.74 Å². The predicted molar refractivity (Wildman–Crippen MR) is 124 cm³/mol. The van der Waals surface area contributed by atoms with Crippen LogP contribution in [0.4, 0.5) is 0 Å². The molecule has 7 heteroatoms. The van der Waals surface area contributed by atoms with Gasteiger partial charge in [0.05, 0.1) is 18.8 Å². The number of likely N-dealkylation sites (N-methyl/N-ethyl adjacent to an activating group) is 2. The van der Waals surface area contributed by atoms with E-state index >= 15 is 0 Å². The van der Waals surface area contributed by atoms with E-state index in [1.807, 2.05) is 7.05 Å². The Morgan fingerprint density at radius 3 is 2.56 bits per heavy atom. The van der Waals surface area contributed by atoms with Crippen LogP contribution in [0.15, 0.2) is 35.3 Å². The molecule has 154 valence electrons. The maximum absolute atomic E-state index is 5.82. The van der Waals surface area contributed by atoms with E-state index in [1.54, 1.807) is 0 Å². The number of hydrogen-bond donors (Lipinski definition) is 2. The van der Waals surface area contributed by atoms with E-state index in [0.717, 1.165) is 51.8 Å². The molecular formula is C20H36IN5O. The number of aliphatic imine (C=N–C) groups is 1. The quantitative estimate of drug-likeness (QED) is 0.333. The zero-order valence-corrected chi connectivity index (χ0v) is 19.5. The van der Waals surface area contributed by atoms with Crippen LogP contribution in [0.3, 0.4) is 0 Å². The third-order valence-electron chi connectivity index (χ3n) is 4.96. The van der Waals surface area contributed by atoms with Crippen LogP contribution in [0.5, 0.6) is 0 Å². The fraction of sp³-hybridized carbons (Fsp3) is 0.650. The molecule has 1 saturated heterocycles. The van der Waals surface area contributed by atoms with Crippen LogP contribution in [0.2, 0.25) is 0 Å². The molecule has 0 spiro atoms. The number of nitrogens with one attached hydrogen (secondary N) is 2. The summed E-state index contributed by atoms with van der Waals surface area (Å²) in [7, 11) is 3.95. The summed E-state index contributed by atoms with van der Waals surface area (Å²) in [6.07, 6.45) is 0.208. The Bertz CT molecular complexity index is 538. The minimum Gasteiger partial charge on any atom is -0.374 e. The second-order valence-electron chi connectivity index (χ2n) is 6.74. The minimum absolute atomic E-state index is 0. The van der Waals surface area contributed by atoms with E-state index in [0.29, 0.717) is 6.04 Å². The van der Waals surface area contributed by atoms with Crippen molar-refractivity contribution in [3.05, 3.63) is 35.9 Å². The van der Waals surface area contributed by atoms with Gasteiger partial charge in [-0.3, -0.25) is 9.89 Å². The van der Waals surface area contributed by atoms with E-state index in [9.17, 15) is 0 Å². The van der Waals surface area contributed by atoms with Crippen molar-refractivity contribution >= 4 is 29.9 Å². The highest BCUT2D eigenvalue weighted by molar-refractivity contribution is 14.0. The minimum atomic E-state index is 0.